The Morgan fingerprint density at radius 3 is 2.58 bits per heavy atom. The summed E-state index contributed by atoms with van der Waals surface area (Å²) in [5.41, 5.74) is 3.97. The van der Waals surface area contributed by atoms with E-state index in [2.05, 4.69) is 58.5 Å². The van der Waals surface area contributed by atoms with Gasteiger partial charge in [-0.1, -0.05) is 26.0 Å². The van der Waals surface area contributed by atoms with Gasteiger partial charge in [0, 0.05) is 32.0 Å². The molecule has 2 aromatic rings. The van der Waals surface area contributed by atoms with Gasteiger partial charge in [0.15, 0.2) is 0 Å². The molecule has 1 aromatic heterocycles. The number of aromatic nitrogens is 2. The lowest BCUT2D eigenvalue weighted by Crippen LogP contribution is -2.25. The summed E-state index contributed by atoms with van der Waals surface area (Å²) in [4.78, 5) is 14.2. The van der Waals surface area contributed by atoms with Crippen LogP contribution in [-0.4, -0.2) is 36.7 Å². The molecule has 0 spiro atoms. The number of carbonyl (C=O) groups excluding carboxylic acids is 1. The van der Waals surface area contributed by atoms with Crippen LogP contribution in [0.5, 0.6) is 0 Å². The maximum Gasteiger partial charge on any atom is 0.271 e. The minimum atomic E-state index is -0.107. The third-order valence-electron chi connectivity index (χ3n) is 3.87. The van der Waals surface area contributed by atoms with Crippen molar-refractivity contribution in [2.24, 2.45) is 5.92 Å². The molecule has 1 aromatic carbocycles. The molecular weight excluding hydrogens is 300 g/mol. The first-order valence-corrected chi connectivity index (χ1v) is 8.54. The summed E-state index contributed by atoms with van der Waals surface area (Å²) in [6.07, 6.45) is 2.77. The van der Waals surface area contributed by atoms with Crippen LogP contribution in [0, 0.1) is 5.92 Å². The van der Waals surface area contributed by atoms with Gasteiger partial charge in [-0.3, -0.25) is 9.89 Å². The second-order valence-corrected chi connectivity index (χ2v) is 6.80. The van der Waals surface area contributed by atoms with Gasteiger partial charge in [0.25, 0.3) is 5.91 Å². The molecule has 5 nitrogen and oxygen atoms in total. The van der Waals surface area contributed by atoms with Crippen molar-refractivity contribution in [3.8, 4) is 0 Å². The Hall–Kier alpha value is -2.30. The van der Waals surface area contributed by atoms with Gasteiger partial charge in [0.1, 0.15) is 5.69 Å². The fourth-order valence-corrected chi connectivity index (χ4v) is 2.57. The Morgan fingerprint density at radius 1 is 1.25 bits per heavy atom. The van der Waals surface area contributed by atoms with Crippen LogP contribution in [0.2, 0.25) is 0 Å². The fraction of sp³-hybridized carbons (Fsp3) is 0.474. The second kappa shape index (κ2) is 8.52. The van der Waals surface area contributed by atoms with Gasteiger partial charge in [0.2, 0.25) is 0 Å². The van der Waals surface area contributed by atoms with Crippen LogP contribution in [0.1, 0.15) is 42.0 Å². The van der Waals surface area contributed by atoms with Gasteiger partial charge in [-0.2, -0.15) is 5.10 Å². The van der Waals surface area contributed by atoms with Crippen LogP contribution in [0.3, 0.4) is 0 Å². The maximum atomic E-state index is 12.1. The quantitative estimate of drug-likeness (QED) is 0.732. The number of anilines is 1. The second-order valence-electron chi connectivity index (χ2n) is 6.80. The number of aromatic amines is 1. The molecule has 0 aliphatic carbocycles. The van der Waals surface area contributed by atoms with Crippen molar-refractivity contribution in [1.82, 2.24) is 15.5 Å². The summed E-state index contributed by atoms with van der Waals surface area (Å²) in [5.74, 6) is 0.435. The van der Waals surface area contributed by atoms with Gasteiger partial charge in [-0.15, -0.1) is 0 Å². The molecule has 2 N–H and O–H groups in total. The smallest absolute Gasteiger partial charge is 0.271 e. The molecule has 0 aliphatic heterocycles. The molecule has 0 aliphatic rings. The van der Waals surface area contributed by atoms with Crippen LogP contribution < -0.4 is 10.2 Å². The summed E-state index contributed by atoms with van der Waals surface area (Å²) in [5, 5.41) is 9.96. The van der Waals surface area contributed by atoms with Gasteiger partial charge in [0.05, 0.1) is 0 Å². The molecular formula is C19H28N4O. The highest BCUT2D eigenvalue weighted by molar-refractivity contribution is 5.92. The summed E-state index contributed by atoms with van der Waals surface area (Å²) in [6, 6.07) is 10.4. The van der Waals surface area contributed by atoms with E-state index in [1.165, 1.54) is 11.3 Å². The van der Waals surface area contributed by atoms with Crippen molar-refractivity contribution >= 4 is 11.6 Å². The summed E-state index contributed by atoms with van der Waals surface area (Å²) < 4.78 is 0. The zero-order valence-electron chi connectivity index (χ0n) is 15.1. The lowest BCUT2D eigenvalue weighted by atomic mass is 10.1. The Bertz CT molecular complexity index is 644. The number of nitrogens with zero attached hydrogens (tertiary/aromatic N) is 2. The van der Waals surface area contributed by atoms with E-state index in [0.29, 0.717) is 18.2 Å². The Kier molecular flexibility index (Phi) is 6.41. The number of nitrogens with one attached hydrogen (secondary N) is 2. The zero-order valence-corrected chi connectivity index (χ0v) is 15.1. The van der Waals surface area contributed by atoms with E-state index in [4.69, 9.17) is 0 Å². The van der Waals surface area contributed by atoms with Gasteiger partial charge >= 0.3 is 0 Å². The van der Waals surface area contributed by atoms with Crippen LogP contribution in [0.15, 0.2) is 30.3 Å². The topological polar surface area (TPSA) is 61.0 Å². The molecule has 0 unspecified atom stereocenters. The Balaban J connectivity index is 1.73. The van der Waals surface area contributed by atoms with Crippen molar-refractivity contribution in [3.05, 3.63) is 47.3 Å². The molecule has 0 saturated heterocycles. The number of amides is 1. The lowest BCUT2D eigenvalue weighted by molar-refractivity contribution is 0.0948. The number of aryl methyl sites for hydroxylation is 1. The number of rotatable bonds is 8. The van der Waals surface area contributed by atoms with E-state index in [1.807, 2.05) is 20.2 Å². The highest BCUT2D eigenvalue weighted by Gasteiger charge is 2.10. The Morgan fingerprint density at radius 2 is 1.96 bits per heavy atom. The van der Waals surface area contributed by atoms with Crippen LogP contribution in [0.4, 0.5) is 5.69 Å². The molecule has 130 valence electrons. The van der Waals surface area contributed by atoms with Crippen molar-refractivity contribution in [2.75, 3.05) is 25.5 Å². The molecule has 5 heteroatoms. The minimum absolute atomic E-state index is 0.107. The van der Waals surface area contributed by atoms with E-state index in [9.17, 15) is 4.79 Å². The maximum absolute atomic E-state index is 12.1. The van der Waals surface area contributed by atoms with Crippen molar-refractivity contribution in [2.45, 2.75) is 33.1 Å². The van der Waals surface area contributed by atoms with Crippen LogP contribution >= 0.6 is 0 Å². The molecule has 24 heavy (non-hydrogen) atoms. The molecule has 0 bridgehead atoms. The monoisotopic (exact) mass is 328 g/mol. The number of benzene rings is 1. The average molecular weight is 328 g/mol. The van der Waals surface area contributed by atoms with Crippen LogP contribution in [0.25, 0.3) is 0 Å². The number of H-pyrrole nitrogens is 1. The summed E-state index contributed by atoms with van der Waals surface area (Å²) in [7, 11) is 4.07. The Labute approximate surface area is 144 Å². The molecule has 1 heterocycles. The first kappa shape index (κ1) is 18.0. The molecule has 0 fully saturated rings. The number of hydrogen-bond acceptors (Lipinski definition) is 3. The molecule has 2 rings (SSSR count). The number of carbonyl (C=O) groups is 1. The van der Waals surface area contributed by atoms with E-state index >= 15 is 0 Å². The molecule has 0 atom stereocenters. The lowest BCUT2D eigenvalue weighted by Gasteiger charge is -2.12. The van der Waals surface area contributed by atoms with Gasteiger partial charge in [-0.25, -0.2) is 0 Å². The standard InChI is InChI=1S/C19H28N4O/c1-14(2)12-16-13-18(22-21-16)19(24)20-11-5-6-15-7-9-17(10-8-15)23(3)4/h7-10,13-14H,5-6,11-12H2,1-4H3,(H,20,24)(H,21,22). The molecule has 1 amide bonds. The first-order chi connectivity index (χ1) is 11.5. The summed E-state index contributed by atoms with van der Waals surface area (Å²) in [6.45, 7) is 4.94. The van der Waals surface area contributed by atoms with Crippen molar-refractivity contribution < 1.29 is 4.79 Å². The van der Waals surface area contributed by atoms with E-state index in [1.54, 1.807) is 0 Å². The van der Waals surface area contributed by atoms with Gasteiger partial charge < -0.3 is 10.2 Å². The van der Waals surface area contributed by atoms with E-state index in [0.717, 1.165) is 25.0 Å². The van der Waals surface area contributed by atoms with Crippen molar-refractivity contribution in [3.63, 3.8) is 0 Å². The SMILES string of the molecule is CC(C)Cc1cc(C(=O)NCCCc2ccc(N(C)C)cc2)n[nH]1. The minimum Gasteiger partial charge on any atom is -0.378 e. The van der Waals surface area contributed by atoms with E-state index in [-0.39, 0.29) is 5.91 Å². The summed E-state index contributed by atoms with van der Waals surface area (Å²) >= 11 is 0. The first-order valence-electron chi connectivity index (χ1n) is 8.54. The van der Waals surface area contributed by atoms with E-state index < -0.39 is 0 Å². The van der Waals surface area contributed by atoms with Crippen LogP contribution in [-0.2, 0) is 12.8 Å². The largest absolute Gasteiger partial charge is 0.378 e. The number of hydrogen-bond donors (Lipinski definition) is 2. The normalized spacial score (nSPS) is 10.9. The average Bonchev–Trinajstić information content (AvgIpc) is 2.99. The fourth-order valence-electron chi connectivity index (χ4n) is 2.57. The molecule has 0 saturated carbocycles. The van der Waals surface area contributed by atoms with Gasteiger partial charge in [-0.05, 0) is 48.9 Å². The zero-order chi connectivity index (χ0) is 17.5. The third kappa shape index (κ3) is 5.41. The predicted octanol–water partition coefficient (Wildman–Crippen LogP) is 3.04. The highest BCUT2D eigenvalue weighted by atomic mass is 16.1. The third-order valence-corrected chi connectivity index (χ3v) is 3.87. The predicted molar refractivity (Wildman–Crippen MR) is 98.6 cm³/mol. The highest BCUT2D eigenvalue weighted by Crippen LogP contribution is 2.13. The van der Waals surface area contributed by atoms with Crippen molar-refractivity contribution in [1.29, 1.82) is 0 Å². The molecule has 0 radical (unpaired) electrons.